The van der Waals surface area contributed by atoms with E-state index in [1.54, 1.807) is 42.5 Å². The van der Waals surface area contributed by atoms with E-state index < -0.39 is 11.8 Å². The maximum absolute atomic E-state index is 12.3. The first-order valence-corrected chi connectivity index (χ1v) is 9.00. The minimum absolute atomic E-state index is 0.291. The van der Waals surface area contributed by atoms with Crippen molar-refractivity contribution in [3.63, 3.8) is 0 Å². The summed E-state index contributed by atoms with van der Waals surface area (Å²) in [6, 6.07) is 10.5. The summed E-state index contributed by atoms with van der Waals surface area (Å²) in [5.41, 5.74) is 5.68. The molecule has 24 heavy (non-hydrogen) atoms. The Hall–Kier alpha value is -2.22. The number of benzene rings is 1. The van der Waals surface area contributed by atoms with Crippen LogP contribution in [0.2, 0.25) is 5.02 Å². The Bertz CT molecular complexity index is 891. The van der Waals surface area contributed by atoms with Crippen LogP contribution in [-0.4, -0.2) is 16.8 Å². The molecule has 0 unspecified atom stereocenters. The average Bonchev–Trinajstić information content (AvgIpc) is 3.22. The summed E-state index contributed by atoms with van der Waals surface area (Å²) in [5.74, 6) is -0.886. The number of carbonyl (C=O) groups excluding carboxylic acids is 2. The highest BCUT2D eigenvalue weighted by Crippen LogP contribution is 2.30. The van der Waals surface area contributed by atoms with Crippen molar-refractivity contribution in [2.24, 2.45) is 0 Å². The Kier molecular flexibility index (Phi) is 4.94. The molecule has 122 valence electrons. The van der Waals surface area contributed by atoms with Gasteiger partial charge >= 0.3 is 0 Å². The lowest BCUT2D eigenvalue weighted by atomic mass is 10.2. The normalized spacial score (nSPS) is 10.4. The SMILES string of the molecule is Cc1nc(-c2cccs2)sc1C(=O)NNC(=O)c1ccccc1Cl. The second kappa shape index (κ2) is 7.12. The molecule has 2 aromatic heterocycles. The fourth-order valence-electron chi connectivity index (χ4n) is 2.00. The van der Waals surface area contributed by atoms with Crippen molar-refractivity contribution in [1.82, 2.24) is 15.8 Å². The number of rotatable bonds is 3. The molecule has 3 rings (SSSR count). The Morgan fingerprint density at radius 2 is 1.83 bits per heavy atom. The number of thiophene rings is 1. The van der Waals surface area contributed by atoms with Gasteiger partial charge in [-0.1, -0.05) is 29.8 Å². The van der Waals surface area contributed by atoms with Gasteiger partial charge in [0.15, 0.2) is 0 Å². The van der Waals surface area contributed by atoms with Gasteiger partial charge in [-0.05, 0) is 30.5 Å². The number of aromatic nitrogens is 1. The van der Waals surface area contributed by atoms with Gasteiger partial charge in [0.2, 0.25) is 0 Å². The van der Waals surface area contributed by atoms with Crippen LogP contribution in [0.1, 0.15) is 25.7 Å². The summed E-state index contributed by atoms with van der Waals surface area (Å²) < 4.78 is 0. The molecule has 0 saturated heterocycles. The van der Waals surface area contributed by atoms with Gasteiger partial charge in [0.25, 0.3) is 11.8 Å². The van der Waals surface area contributed by atoms with Crippen LogP contribution in [0.4, 0.5) is 0 Å². The third-order valence-electron chi connectivity index (χ3n) is 3.14. The Labute approximate surface area is 151 Å². The number of hydrogen-bond acceptors (Lipinski definition) is 5. The lowest BCUT2D eigenvalue weighted by Crippen LogP contribution is -2.41. The highest BCUT2D eigenvalue weighted by Gasteiger charge is 2.18. The van der Waals surface area contributed by atoms with Crippen LogP contribution in [0, 0.1) is 6.92 Å². The van der Waals surface area contributed by atoms with Crippen LogP contribution < -0.4 is 10.9 Å². The molecule has 2 heterocycles. The number of thiazole rings is 1. The van der Waals surface area contributed by atoms with Crippen LogP contribution in [-0.2, 0) is 0 Å². The van der Waals surface area contributed by atoms with E-state index in [-0.39, 0.29) is 0 Å². The molecule has 0 fully saturated rings. The van der Waals surface area contributed by atoms with E-state index in [0.29, 0.717) is 21.2 Å². The summed E-state index contributed by atoms with van der Waals surface area (Å²) in [6.45, 7) is 1.76. The fourth-order valence-corrected chi connectivity index (χ4v) is 3.98. The molecule has 0 aliphatic heterocycles. The minimum Gasteiger partial charge on any atom is -0.267 e. The van der Waals surface area contributed by atoms with Gasteiger partial charge in [0, 0.05) is 0 Å². The average molecular weight is 378 g/mol. The van der Waals surface area contributed by atoms with E-state index in [1.165, 1.54) is 11.3 Å². The first kappa shape index (κ1) is 16.6. The van der Waals surface area contributed by atoms with Crippen molar-refractivity contribution in [2.45, 2.75) is 6.92 Å². The smallest absolute Gasteiger partial charge is 0.267 e. The summed E-state index contributed by atoms with van der Waals surface area (Å²) in [4.78, 5) is 30.2. The molecule has 5 nitrogen and oxygen atoms in total. The van der Waals surface area contributed by atoms with Crippen molar-refractivity contribution < 1.29 is 9.59 Å². The molecule has 0 radical (unpaired) electrons. The Balaban J connectivity index is 1.70. The minimum atomic E-state index is -0.477. The van der Waals surface area contributed by atoms with E-state index in [9.17, 15) is 9.59 Å². The maximum Gasteiger partial charge on any atom is 0.281 e. The Morgan fingerprint density at radius 1 is 1.08 bits per heavy atom. The highest BCUT2D eigenvalue weighted by molar-refractivity contribution is 7.22. The molecule has 0 aliphatic rings. The number of hydrazine groups is 1. The predicted octanol–water partition coefficient (Wildman–Crippen LogP) is 3.91. The molecule has 0 atom stereocenters. The number of nitrogens with zero attached hydrogens (tertiary/aromatic N) is 1. The summed E-state index contributed by atoms with van der Waals surface area (Å²) in [6.07, 6.45) is 0. The monoisotopic (exact) mass is 377 g/mol. The fraction of sp³-hybridized carbons (Fsp3) is 0.0625. The molecule has 0 spiro atoms. The molecule has 0 saturated carbocycles. The molecule has 2 N–H and O–H groups in total. The highest BCUT2D eigenvalue weighted by atomic mass is 35.5. The van der Waals surface area contributed by atoms with E-state index in [1.807, 2.05) is 17.5 Å². The van der Waals surface area contributed by atoms with E-state index in [2.05, 4.69) is 15.8 Å². The molecule has 3 aromatic rings. The van der Waals surface area contributed by atoms with Crippen molar-refractivity contribution in [1.29, 1.82) is 0 Å². The standard InChI is InChI=1S/C16H12ClN3O2S2/c1-9-13(24-16(18-9)12-7-4-8-23-12)15(22)20-19-14(21)10-5-2-3-6-11(10)17/h2-8H,1H3,(H,19,21)(H,20,22). The van der Waals surface area contributed by atoms with Gasteiger partial charge in [-0.15, -0.1) is 22.7 Å². The molecule has 0 bridgehead atoms. The molecule has 2 amide bonds. The third-order valence-corrected chi connectivity index (χ3v) is 5.67. The second-order valence-corrected chi connectivity index (χ2v) is 7.15. The lowest BCUT2D eigenvalue weighted by molar-refractivity contribution is 0.0848. The molecular weight excluding hydrogens is 366 g/mol. The summed E-state index contributed by atoms with van der Waals surface area (Å²) in [5, 5.41) is 3.05. The first-order valence-electron chi connectivity index (χ1n) is 6.93. The zero-order valence-corrected chi connectivity index (χ0v) is 14.9. The van der Waals surface area contributed by atoms with Crippen molar-refractivity contribution in [3.05, 3.63) is 62.9 Å². The van der Waals surface area contributed by atoms with Gasteiger partial charge < -0.3 is 0 Å². The summed E-state index contributed by atoms with van der Waals surface area (Å²) >= 11 is 8.80. The third kappa shape index (κ3) is 3.48. The zero-order chi connectivity index (χ0) is 17.1. The van der Waals surface area contributed by atoms with Gasteiger partial charge in [0.05, 0.1) is 21.2 Å². The van der Waals surface area contributed by atoms with Gasteiger partial charge in [-0.2, -0.15) is 0 Å². The van der Waals surface area contributed by atoms with Crippen molar-refractivity contribution >= 4 is 46.1 Å². The van der Waals surface area contributed by atoms with Gasteiger partial charge in [-0.25, -0.2) is 4.98 Å². The van der Waals surface area contributed by atoms with Crippen LogP contribution in [0.5, 0.6) is 0 Å². The van der Waals surface area contributed by atoms with Crippen LogP contribution in [0.3, 0.4) is 0 Å². The second-order valence-electron chi connectivity index (χ2n) is 4.80. The number of hydrogen-bond donors (Lipinski definition) is 2. The quantitative estimate of drug-likeness (QED) is 0.680. The Morgan fingerprint density at radius 3 is 2.54 bits per heavy atom. The van der Waals surface area contributed by atoms with E-state index >= 15 is 0 Å². The van der Waals surface area contributed by atoms with Crippen molar-refractivity contribution in [2.75, 3.05) is 0 Å². The van der Waals surface area contributed by atoms with Gasteiger partial charge in [0.1, 0.15) is 9.88 Å². The van der Waals surface area contributed by atoms with E-state index in [4.69, 9.17) is 11.6 Å². The molecule has 1 aromatic carbocycles. The first-order chi connectivity index (χ1) is 11.6. The number of aryl methyl sites for hydroxylation is 1. The van der Waals surface area contributed by atoms with E-state index in [0.717, 1.165) is 9.88 Å². The van der Waals surface area contributed by atoms with Crippen LogP contribution in [0.25, 0.3) is 9.88 Å². The molecular formula is C16H12ClN3O2S2. The summed E-state index contributed by atoms with van der Waals surface area (Å²) in [7, 11) is 0. The molecule has 0 aliphatic carbocycles. The zero-order valence-electron chi connectivity index (χ0n) is 12.5. The largest absolute Gasteiger partial charge is 0.281 e. The molecule has 8 heteroatoms. The van der Waals surface area contributed by atoms with Gasteiger partial charge in [-0.3, -0.25) is 20.4 Å². The van der Waals surface area contributed by atoms with Crippen LogP contribution >= 0.6 is 34.3 Å². The number of halogens is 1. The van der Waals surface area contributed by atoms with Crippen LogP contribution in [0.15, 0.2) is 41.8 Å². The number of carbonyl (C=O) groups is 2. The number of amides is 2. The lowest BCUT2D eigenvalue weighted by Gasteiger charge is -2.07. The topological polar surface area (TPSA) is 71.1 Å². The maximum atomic E-state index is 12.3. The predicted molar refractivity (Wildman–Crippen MR) is 96.5 cm³/mol. The number of nitrogens with one attached hydrogen (secondary N) is 2. The van der Waals surface area contributed by atoms with Crippen molar-refractivity contribution in [3.8, 4) is 9.88 Å².